The zero-order valence-corrected chi connectivity index (χ0v) is 13.9. The average molecular weight is 326 g/mol. The first-order valence-electron chi connectivity index (χ1n) is 7.13. The van der Waals surface area contributed by atoms with Gasteiger partial charge >= 0.3 is 5.97 Å². The molecule has 0 radical (unpaired) electrons. The summed E-state index contributed by atoms with van der Waals surface area (Å²) >= 11 is 0. The van der Waals surface area contributed by atoms with E-state index in [-0.39, 0.29) is 15.9 Å². The second kappa shape index (κ2) is 5.98. The highest BCUT2D eigenvalue weighted by molar-refractivity contribution is 7.89. The van der Waals surface area contributed by atoms with Gasteiger partial charge in [0.1, 0.15) is 0 Å². The zero-order chi connectivity index (χ0) is 16.5. The van der Waals surface area contributed by atoms with Gasteiger partial charge in [0.15, 0.2) is 0 Å². The third-order valence-corrected chi connectivity index (χ3v) is 6.08. The van der Waals surface area contributed by atoms with Gasteiger partial charge in [0.25, 0.3) is 0 Å². The van der Waals surface area contributed by atoms with Crippen LogP contribution in [0.2, 0.25) is 0 Å². The van der Waals surface area contributed by atoms with Crippen LogP contribution in [0.5, 0.6) is 0 Å². The first kappa shape index (κ1) is 16.9. The topological polar surface area (TPSA) is 89.7 Å². The number of rotatable bonds is 4. The van der Waals surface area contributed by atoms with E-state index >= 15 is 0 Å². The SMILES string of the molecule is COC(=O)c1cc(C)ccc1S(=O)(=O)N1CCC(C)(CN)C1. The highest BCUT2D eigenvalue weighted by Gasteiger charge is 2.40. The van der Waals surface area contributed by atoms with E-state index in [1.54, 1.807) is 13.0 Å². The summed E-state index contributed by atoms with van der Waals surface area (Å²) in [7, 11) is -2.51. The molecule has 1 aromatic carbocycles. The Hall–Kier alpha value is -1.44. The first-order valence-corrected chi connectivity index (χ1v) is 8.57. The molecule has 2 N–H and O–H groups in total. The van der Waals surface area contributed by atoms with Gasteiger partial charge in [-0.1, -0.05) is 18.6 Å². The van der Waals surface area contributed by atoms with E-state index < -0.39 is 16.0 Å². The average Bonchev–Trinajstić information content (AvgIpc) is 2.90. The monoisotopic (exact) mass is 326 g/mol. The predicted octanol–water partition coefficient (Wildman–Crippen LogP) is 1.14. The van der Waals surface area contributed by atoms with Crippen molar-refractivity contribution in [2.75, 3.05) is 26.7 Å². The van der Waals surface area contributed by atoms with Crippen molar-refractivity contribution in [1.29, 1.82) is 0 Å². The quantitative estimate of drug-likeness (QED) is 0.838. The minimum Gasteiger partial charge on any atom is -0.465 e. The number of aryl methyl sites for hydroxylation is 1. The lowest BCUT2D eigenvalue weighted by Crippen LogP contribution is -2.35. The summed E-state index contributed by atoms with van der Waals surface area (Å²) in [5, 5.41) is 0. The van der Waals surface area contributed by atoms with Gasteiger partial charge in [-0.05, 0) is 37.4 Å². The maximum Gasteiger partial charge on any atom is 0.339 e. The molecule has 7 heteroatoms. The fourth-order valence-electron chi connectivity index (χ4n) is 2.63. The van der Waals surface area contributed by atoms with E-state index in [9.17, 15) is 13.2 Å². The highest BCUT2D eigenvalue weighted by Crippen LogP contribution is 2.33. The Bertz CT molecular complexity index is 687. The van der Waals surface area contributed by atoms with E-state index in [1.165, 1.54) is 23.5 Å². The zero-order valence-electron chi connectivity index (χ0n) is 13.1. The van der Waals surface area contributed by atoms with Crippen LogP contribution in [0.25, 0.3) is 0 Å². The Morgan fingerprint density at radius 1 is 1.45 bits per heavy atom. The van der Waals surface area contributed by atoms with E-state index in [0.29, 0.717) is 26.1 Å². The minimum atomic E-state index is -3.75. The van der Waals surface area contributed by atoms with Gasteiger partial charge in [0.2, 0.25) is 10.0 Å². The molecule has 1 fully saturated rings. The third kappa shape index (κ3) is 3.02. The molecule has 0 amide bonds. The molecule has 1 aliphatic rings. The number of carbonyl (C=O) groups is 1. The third-order valence-electron chi connectivity index (χ3n) is 4.17. The number of sulfonamides is 1. The largest absolute Gasteiger partial charge is 0.465 e. The standard InChI is InChI=1S/C15H22N2O4S/c1-11-4-5-13(12(8-11)14(18)21-3)22(19,20)17-7-6-15(2,9-16)10-17/h4-5,8H,6-7,9-10,16H2,1-3H3. The van der Waals surface area contributed by atoms with Gasteiger partial charge in [-0.2, -0.15) is 4.31 Å². The van der Waals surface area contributed by atoms with Crippen LogP contribution in [-0.2, 0) is 14.8 Å². The molecule has 0 aliphatic carbocycles. The number of carbonyl (C=O) groups excluding carboxylic acids is 1. The van der Waals surface area contributed by atoms with Crippen molar-refractivity contribution in [2.45, 2.75) is 25.2 Å². The van der Waals surface area contributed by atoms with Gasteiger partial charge in [0.05, 0.1) is 17.6 Å². The predicted molar refractivity (Wildman–Crippen MR) is 83.1 cm³/mol. The molecule has 1 aromatic rings. The molecule has 0 spiro atoms. The molecule has 0 bridgehead atoms. The number of benzene rings is 1. The molecule has 1 heterocycles. The second-order valence-electron chi connectivity index (χ2n) is 6.09. The number of hydrogen-bond acceptors (Lipinski definition) is 5. The molecule has 6 nitrogen and oxygen atoms in total. The molecule has 1 saturated heterocycles. The molecule has 1 unspecified atom stereocenters. The van der Waals surface area contributed by atoms with Crippen LogP contribution in [0, 0.1) is 12.3 Å². The second-order valence-corrected chi connectivity index (χ2v) is 8.00. The maximum absolute atomic E-state index is 12.9. The summed E-state index contributed by atoms with van der Waals surface area (Å²) < 4.78 is 31.8. The van der Waals surface area contributed by atoms with Crippen molar-refractivity contribution >= 4 is 16.0 Å². The Kier molecular flexibility index (Phi) is 4.60. The van der Waals surface area contributed by atoms with Gasteiger partial charge in [0, 0.05) is 13.1 Å². The lowest BCUT2D eigenvalue weighted by Gasteiger charge is -2.23. The Labute approximate surface area is 131 Å². The number of ether oxygens (including phenoxy) is 1. The molecule has 2 rings (SSSR count). The molecule has 1 aliphatic heterocycles. The molecule has 1 atom stereocenters. The van der Waals surface area contributed by atoms with Crippen molar-refractivity contribution < 1.29 is 17.9 Å². The van der Waals surface area contributed by atoms with Crippen molar-refractivity contribution in [3.63, 3.8) is 0 Å². The van der Waals surface area contributed by atoms with Crippen molar-refractivity contribution in [2.24, 2.45) is 11.1 Å². The van der Waals surface area contributed by atoms with Gasteiger partial charge in [-0.25, -0.2) is 13.2 Å². The molecule has 0 saturated carbocycles. The molecule has 22 heavy (non-hydrogen) atoms. The maximum atomic E-state index is 12.9. The molecular formula is C15H22N2O4S. The Balaban J connectivity index is 2.45. The number of methoxy groups -OCH3 is 1. The number of nitrogens with zero attached hydrogens (tertiary/aromatic N) is 1. The number of esters is 1. The van der Waals surface area contributed by atoms with Crippen LogP contribution in [0.4, 0.5) is 0 Å². The van der Waals surface area contributed by atoms with Gasteiger partial charge < -0.3 is 10.5 Å². The molecule has 0 aromatic heterocycles. The lowest BCUT2D eigenvalue weighted by molar-refractivity contribution is 0.0596. The van der Waals surface area contributed by atoms with Gasteiger partial charge in [-0.15, -0.1) is 0 Å². The van der Waals surface area contributed by atoms with E-state index in [2.05, 4.69) is 0 Å². The van der Waals surface area contributed by atoms with Crippen LogP contribution < -0.4 is 5.73 Å². The van der Waals surface area contributed by atoms with Crippen LogP contribution >= 0.6 is 0 Å². The fraction of sp³-hybridized carbons (Fsp3) is 0.533. The van der Waals surface area contributed by atoms with Crippen LogP contribution in [0.3, 0.4) is 0 Å². The van der Waals surface area contributed by atoms with Crippen LogP contribution in [0.15, 0.2) is 23.1 Å². The van der Waals surface area contributed by atoms with Crippen LogP contribution in [0.1, 0.15) is 29.3 Å². The summed E-state index contributed by atoms with van der Waals surface area (Å²) in [6.45, 7) is 4.96. The van der Waals surface area contributed by atoms with E-state index in [4.69, 9.17) is 10.5 Å². The summed E-state index contributed by atoms with van der Waals surface area (Å²) in [4.78, 5) is 11.9. The smallest absolute Gasteiger partial charge is 0.339 e. The number of nitrogens with two attached hydrogens (primary N) is 1. The normalized spacial score (nSPS) is 22.7. The molecule has 122 valence electrons. The van der Waals surface area contributed by atoms with Crippen molar-refractivity contribution in [3.05, 3.63) is 29.3 Å². The van der Waals surface area contributed by atoms with Crippen LogP contribution in [-0.4, -0.2) is 45.4 Å². The fourth-order valence-corrected chi connectivity index (χ4v) is 4.38. The van der Waals surface area contributed by atoms with Gasteiger partial charge in [-0.3, -0.25) is 0 Å². The summed E-state index contributed by atoms with van der Waals surface area (Å²) in [5.41, 5.74) is 6.39. The van der Waals surface area contributed by atoms with E-state index in [1.807, 2.05) is 6.92 Å². The first-order chi connectivity index (χ1) is 10.2. The lowest BCUT2D eigenvalue weighted by atomic mass is 9.90. The Morgan fingerprint density at radius 2 is 2.14 bits per heavy atom. The highest BCUT2D eigenvalue weighted by atomic mass is 32.2. The van der Waals surface area contributed by atoms with Crippen molar-refractivity contribution in [1.82, 2.24) is 4.31 Å². The van der Waals surface area contributed by atoms with Crippen molar-refractivity contribution in [3.8, 4) is 0 Å². The minimum absolute atomic E-state index is 0.00813. The van der Waals surface area contributed by atoms with E-state index in [0.717, 1.165) is 5.56 Å². The number of hydrogen-bond donors (Lipinski definition) is 1. The summed E-state index contributed by atoms with van der Waals surface area (Å²) in [6.07, 6.45) is 0.710. The summed E-state index contributed by atoms with van der Waals surface area (Å²) in [6, 6.07) is 4.68. The Morgan fingerprint density at radius 3 is 2.68 bits per heavy atom. The molecular weight excluding hydrogens is 304 g/mol. The summed E-state index contributed by atoms with van der Waals surface area (Å²) in [5.74, 6) is -0.650.